The molecule has 0 saturated carbocycles. The molecule has 0 aliphatic heterocycles. The molecule has 0 spiro atoms. The molecule has 0 unspecified atom stereocenters. The Morgan fingerprint density at radius 2 is 1.77 bits per heavy atom. The summed E-state index contributed by atoms with van der Waals surface area (Å²) in [5.74, 6) is 0.392. The number of fused-ring (bicyclic) bond motifs is 1. The number of ether oxygens (including phenoxy) is 1. The molecule has 0 radical (unpaired) electrons. The third-order valence-electron chi connectivity index (χ3n) is 5.14. The number of aromatic nitrogens is 1. The Labute approximate surface area is 181 Å². The van der Waals surface area contributed by atoms with Crippen LogP contribution in [0, 0.1) is 13.8 Å². The van der Waals surface area contributed by atoms with E-state index in [1.54, 1.807) is 13.3 Å². The van der Waals surface area contributed by atoms with Gasteiger partial charge in [0.2, 0.25) is 0 Å². The lowest BCUT2D eigenvalue weighted by Crippen LogP contribution is -2.18. The zero-order valence-corrected chi connectivity index (χ0v) is 17.7. The van der Waals surface area contributed by atoms with Crippen molar-refractivity contribution in [3.8, 4) is 17.0 Å². The smallest absolute Gasteiger partial charge is 0.272 e. The van der Waals surface area contributed by atoms with Gasteiger partial charge in [0, 0.05) is 16.5 Å². The number of nitrogens with zero attached hydrogens (tertiary/aromatic N) is 2. The Morgan fingerprint density at radius 1 is 1.00 bits per heavy atom. The first-order valence-corrected chi connectivity index (χ1v) is 10.0. The fourth-order valence-corrected chi connectivity index (χ4v) is 3.51. The number of rotatable bonds is 5. The molecule has 4 aromatic rings. The monoisotopic (exact) mass is 409 g/mol. The number of amides is 1. The molecule has 3 aromatic carbocycles. The molecule has 1 aromatic heterocycles. The summed E-state index contributed by atoms with van der Waals surface area (Å²) >= 11 is 0. The van der Waals surface area contributed by atoms with Crippen molar-refractivity contribution in [2.24, 2.45) is 5.10 Å². The second-order valence-electron chi connectivity index (χ2n) is 7.33. The zero-order valence-electron chi connectivity index (χ0n) is 17.7. The SMILES string of the molecule is COc1ccccc1/C=N/NC(=O)c1cc(-c2cc(C)ccc2C)nc2ccccc12. The van der Waals surface area contributed by atoms with Crippen molar-refractivity contribution in [1.82, 2.24) is 10.4 Å². The Morgan fingerprint density at radius 3 is 2.61 bits per heavy atom. The van der Waals surface area contributed by atoms with E-state index in [4.69, 9.17) is 9.72 Å². The normalized spacial score (nSPS) is 11.1. The molecule has 0 bridgehead atoms. The largest absolute Gasteiger partial charge is 0.496 e. The van der Waals surface area contributed by atoms with E-state index in [2.05, 4.69) is 28.7 Å². The Hall–Kier alpha value is -3.99. The van der Waals surface area contributed by atoms with Crippen molar-refractivity contribution in [3.05, 3.63) is 95.1 Å². The van der Waals surface area contributed by atoms with Gasteiger partial charge < -0.3 is 4.74 Å². The van der Waals surface area contributed by atoms with Crippen LogP contribution in [0.25, 0.3) is 22.2 Å². The molecule has 1 N–H and O–H groups in total. The van der Waals surface area contributed by atoms with Gasteiger partial charge in [0.25, 0.3) is 5.91 Å². The molecule has 1 heterocycles. The van der Waals surface area contributed by atoms with E-state index in [1.165, 1.54) is 0 Å². The van der Waals surface area contributed by atoms with Crippen molar-refractivity contribution in [1.29, 1.82) is 0 Å². The van der Waals surface area contributed by atoms with E-state index in [0.29, 0.717) is 11.3 Å². The van der Waals surface area contributed by atoms with Crippen molar-refractivity contribution in [3.63, 3.8) is 0 Å². The van der Waals surface area contributed by atoms with Crippen molar-refractivity contribution >= 4 is 23.0 Å². The van der Waals surface area contributed by atoms with Crippen LogP contribution in [0.1, 0.15) is 27.0 Å². The van der Waals surface area contributed by atoms with Crippen LogP contribution in [0.15, 0.2) is 77.9 Å². The number of pyridine rings is 1. The predicted octanol–water partition coefficient (Wildman–Crippen LogP) is 5.29. The highest BCUT2D eigenvalue weighted by molar-refractivity contribution is 6.07. The molecule has 1 amide bonds. The maximum absolute atomic E-state index is 13.1. The molecule has 0 atom stereocenters. The second-order valence-corrected chi connectivity index (χ2v) is 7.33. The molecular weight excluding hydrogens is 386 g/mol. The lowest BCUT2D eigenvalue weighted by Gasteiger charge is -2.11. The van der Waals surface area contributed by atoms with Gasteiger partial charge in [0.05, 0.1) is 30.1 Å². The maximum atomic E-state index is 13.1. The van der Waals surface area contributed by atoms with E-state index in [0.717, 1.165) is 38.9 Å². The second kappa shape index (κ2) is 8.79. The van der Waals surface area contributed by atoms with Gasteiger partial charge in [-0.2, -0.15) is 5.10 Å². The third-order valence-corrected chi connectivity index (χ3v) is 5.14. The number of nitrogens with one attached hydrogen (secondary N) is 1. The van der Waals surface area contributed by atoms with Crippen LogP contribution in [-0.2, 0) is 0 Å². The van der Waals surface area contributed by atoms with Crippen LogP contribution in [0.2, 0.25) is 0 Å². The lowest BCUT2D eigenvalue weighted by molar-refractivity contribution is 0.0956. The number of para-hydroxylation sites is 2. The molecule has 154 valence electrons. The molecule has 5 nitrogen and oxygen atoms in total. The quantitative estimate of drug-likeness (QED) is 0.360. The van der Waals surface area contributed by atoms with Gasteiger partial charge in [-0.15, -0.1) is 0 Å². The highest BCUT2D eigenvalue weighted by Gasteiger charge is 2.14. The van der Waals surface area contributed by atoms with Gasteiger partial charge in [-0.05, 0) is 49.7 Å². The minimum atomic E-state index is -0.295. The van der Waals surface area contributed by atoms with Gasteiger partial charge >= 0.3 is 0 Å². The fourth-order valence-electron chi connectivity index (χ4n) is 3.51. The predicted molar refractivity (Wildman–Crippen MR) is 125 cm³/mol. The number of hydrazone groups is 1. The maximum Gasteiger partial charge on any atom is 0.272 e. The molecule has 0 aliphatic rings. The zero-order chi connectivity index (χ0) is 21.8. The average molecular weight is 409 g/mol. The van der Waals surface area contributed by atoms with Crippen LogP contribution in [0.5, 0.6) is 5.75 Å². The fraction of sp³-hybridized carbons (Fsp3) is 0.115. The summed E-state index contributed by atoms with van der Waals surface area (Å²) in [6.07, 6.45) is 1.58. The molecule has 0 saturated heterocycles. The summed E-state index contributed by atoms with van der Waals surface area (Å²) in [6, 6.07) is 23.2. The summed E-state index contributed by atoms with van der Waals surface area (Å²) in [5.41, 5.74) is 8.73. The molecular formula is C26H23N3O2. The summed E-state index contributed by atoms with van der Waals surface area (Å²) in [7, 11) is 1.60. The van der Waals surface area contributed by atoms with Gasteiger partial charge in [-0.25, -0.2) is 10.4 Å². The lowest BCUT2D eigenvalue weighted by atomic mass is 9.99. The Bertz CT molecular complexity index is 1300. The molecule has 0 fully saturated rings. The van der Waals surface area contributed by atoms with Crippen LogP contribution in [0.4, 0.5) is 0 Å². The number of aryl methyl sites for hydroxylation is 2. The van der Waals surface area contributed by atoms with Gasteiger partial charge in [-0.3, -0.25) is 4.79 Å². The van der Waals surface area contributed by atoms with Crippen LogP contribution < -0.4 is 10.2 Å². The van der Waals surface area contributed by atoms with Crippen LogP contribution in [0.3, 0.4) is 0 Å². The minimum Gasteiger partial charge on any atom is -0.496 e. The van der Waals surface area contributed by atoms with E-state index in [-0.39, 0.29) is 5.91 Å². The number of benzene rings is 3. The Balaban J connectivity index is 1.71. The molecule has 31 heavy (non-hydrogen) atoms. The molecule has 0 aliphatic carbocycles. The summed E-state index contributed by atoms with van der Waals surface area (Å²) < 4.78 is 5.32. The summed E-state index contributed by atoms with van der Waals surface area (Å²) in [4.78, 5) is 17.9. The number of methoxy groups -OCH3 is 1. The van der Waals surface area contributed by atoms with Gasteiger partial charge in [0.1, 0.15) is 5.75 Å². The van der Waals surface area contributed by atoms with Crippen LogP contribution in [-0.4, -0.2) is 24.2 Å². The van der Waals surface area contributed by atoms with Crippen molar-refractivity contribution in [2.75, 3.05) is 7.11 Å². The first kappa shape index (κ1) is 20.3. The van der Waals surface area contributed by atoms with Gasteiger partial charge in [0.15, 0.2) is 0 Å². The van der Waals surface area contributed by atoms with E-state index in [9.17, 15) is 4.79 Å². The molecule has 5 heteroatoms. The number of hydrogen-bond acceptors (Lipinski definition) is 4. The topological polar surface area (TPSA) is 63.6 Å². The molecule has 4 rings (SSSR count). The van der Waals surface area contributed by atoms with Crippen molar-refractivity contribution < 1.29 is 9.53 Å². The van der Waals surface area contributed by atoms with Gasteiger partial charge in [-0.1, -0.05) is 48.0 Å². The summed E-state index contributed by atoms with van der Waals surface area (Å²) in [6.45, 7) is 4.09. The highest BCUT2D eigenvalue weighted by Crippen LogP contribution is 2.28. The Kier molecular flexibility index (Phi) is 5.76. The average Bonchev–Trinajstić information content (AvgIpc) is 2.80. The first-order chi connectivity index (χ1) is 15.1. The third kappa shape index (κ3) is 4.31. The van der Waals surface area contributed by atoms with Crippen LogP contribution >= 0.6 is 0 Å². The van der Waals surface area contributed by atoms with E-state index < -0.39 is 0 Å². The first-order valence-electron chi connectivity index (χ1n) is 10.0. The number of hydrogen-bond donors (Lipinski definition) is 1. The van der Waals surface area contributed by atoms with E-state index in [1.807, 2.05) is 68.4 Å². The number of carbonyl (C=O) groups is 1. The van der Waals surface area contributed by atoms with E-state index >= 15 is 0 Å². The standard InChI is InChI=1S/C26H23N3O2/c1-17-12-13-18(2)21(14-17)24-15-22(20-9-5-6-10-23(20)28-24)26(30)29-27-16-19-8-4-7-11-25(19)31-3/h4-16H,1-3H3,(H,29,30)/b27-16+. The summed E-state index contributed by atoms with van der Waals surface area (Å²) in [5, 5.41) is 4.92. The minimum absolute atomic E-state index is 0.295. The number of carbonyl (C=O) groups excluding carboxylic acids is 1. The highest BCUT2D eigenvalue weighted by atomic mass is 16.5. The van der Waals surface area contributed by atoms with Crippen molar-refractivity contribution in [2.45, 2.75) is 13.8 Å².